The van der Waals surface area contributed by atoms with E-state index >= 15 is 0 Å². The lowest BCUT2D eigenvalue weighted by Crippen LogP contribution is -2.34. The average Bonchev–Trinajstić information content (AvgIpc) is 3.16. The molecule has 1 aromatic carbocycles. The van der Waals surface area contributed by atoms with Crippen molar-refractivity contribution in [3.05, 3.63) is 51.7 Å². The van der Waals surface area contributed by atoms with E-state index in [4.69, 9.17) is 11.6 Å². The van der Waals surface area contributed by atoms with Gasteiger partial charge in [0, 0.05) is 28.6 Å². The van der Waals surface area contributed by atoms with Gasteiger partial charge in [0.15, 0.2) is 0 Å². The van der Waals surface area contributed by atoms with Gasteiger partial charge < -0.3 is 10.2 Å². The highest BCUT2D eigenvalue weighted by atomic mass is 35.5. The Kier molecular flexibility index (Phi) is 4.68. The van der Waals surface area contributed by atoms with Gasteiger partial charge >= 0.3 is 0 Å². The first-order valence-corrected chi connectivity index (χ1v) is 8.70. The van der Waals surface area contributed by atoms with Crippen LogP contribution in [0.4, 0.5) is 5.69 Å². The molecule has 120 valence electrons. The summed E-state index contributed by atoms with van der Waals surface area (Å²) in [5, 5.41) is 5.56. The summed E-state index contributed by atoms with van der Waals surface area (Å²) >= 11 is 7.59. The van der Waals surface area contributed by atoms with Crippen LogP contribution in [-0.4, -0.2) is 18.4 Å². The Morgan fingerprint density at radius 2 is 2.22 bits per heavy atom. The van der Waals surface area contributed by atoms with Crippen molar-refractivity contribution in [2.24, 2.45) is 5.92 Å². The maximum atomic E-state index is 12.4. The van der Waals surface area contributed by atoms with Gasteiger partial charge in [-0.2, -0.15) is 0 Å². The zero-order valence-corrected chi connectivity index (χ0v) is 14.2. The van der Waals surface area contributed by atoms with Crippen molar-refractivity contribution in [1.29, 1.82) is 0 Å². The van der Waals surface area contributed by atoms with Crippen molar-refractivity contribution in [1.82, 2.24) is 5.32 Å². The smallest absolute Gasteiger partial charge is 0.227 e. The van der Waals surface area contributed by atoms with E-state index in [1.54, 1.807) is 34.4 Å². The first kappa shape index (κ1) is 16.0. The van der Waals surface area contributed by atoms with Crippen LogP contribution in [0.1, 0.15) is 24.3 Å². The van der Waals surface area contributed by atoms with Gasteiger partial charge in [0.1, 0.15) is 0 Å². The van der Waals surface area contributed by atoms with Gasteiger partial charge in [0.2, 0.25) is 11.8 Å². The second-order valence-electron chi connectivity index (χ2n) is 5.63. The number of carbonyl (C=O) groups excluding carboxylic acids is 2. The maximum absolute atomic E-state index is 12.4. The molecule has 4 nitrogen and oxygen atoms in total. The minimum absolute atomic E-state index is 0.0437. The van der Waals surface area contributed by atoms with Crippen molar-refractivity contribution in [3.8, 4) is 0 Å². The van der Waals surface area contributed by atoms with E-state index in [9.17, 15) is 9.59 Å². The summed E-state index contributed by atoms with van der Waals surface area (Å²) in [6.45, 7) is 2.34. The number of benzene rings is 1. The van der Waals surface area contributed by atoms with E-state index in [0.29, 0.717) is 11.6 Å². The molecule has 2 heterocycles. The van der Waals surface area contributed by atoms with Crippen LogP contribution in [0.5, 0.6) is 0 Å². The lowest BCUT2D eigenvalue weighted by molar-refractivity contribution is -0.126. The van der Waals surface area contributed by atoms with E-state index < -0.39 is 0 Å². The van der Waals surface area contributed by atoms with Gasteiger partial charge in [0.05, 0.1) is 12.0 Å². The third-order valence-electron chi connectivity index (χ3n) is 3.94. The molecule has 0 saturated carbocycles. The fourth-order valence-electron chi connectivity index (χ4n) is 2.72. The van der Waals surface area contributed by atoms with Crippen LogP contribution in [0.2, 0.25) is 5.02 Å². The molecule has 6 heteroatoms. The first-order chi connectivity index (χ1) is 11.0. The molecule has 2 aromatic rings. The van der Waals surface area contributed by atoms with E-state index in [2.05, 4.69) is 5.32 Å². The largest absolute Gasteiger partial charge is 0.348 e. The van der Waals surface area contributed by atoms with Crippen LogP contribution < -0.4 is 10.2 Å². The minimum Gasteiger partial charge on any atom is -0.348 e. The Hall–Kier alpha value is -1.85. The third-order valence-corrected chi connectivity index (χ3v) is 5.23. The molecule has 0 bridgehead atoms. The summed E-state index contributed by atoms with van der Waals surface area (Å²) in [4.78, 5) is 27.4. The molecule has 2 atom stereocenters. The number of hydrogen-bond acceptors (Lipinski definition) is 3. The van der Waals surface area contributed by atoms with E-state index in [-0.39, 0.29) is 30.2 Å². The van der Waals surface area contributed by atoms with E-state index in [1.807, 2.05) is 30.5 Å². The van der Waals surface area contributed by atoms with Crippen LogP contribution in [0.3, 0.4) is 0 Å². The van der Waals surface area contributed by atoms with Gasteiger partial charge in [-0.15, -0.1) is 11.3 Å². The SMILES string of the molecule is C[C@@H](NC(=O)[C@@H]1CC(=O)N(c2cccc(Cl)c2)C1)c1cccs1. The Morgan fingerprint density at radius 3 is 2.91 bits per heavy atom. The molecule has 0 aliphatic carbocycles. The molecule has 1 fully saturated rings. The van der Waals surface area contributed by atoms with E-state index in [1.165, 1.54) is 0 Å². The molecule has 1 saturated heterocycles. The normalized spacial score (nSPS) is 19.0. The molecule has 1 aromatic heterocycles. The summed E-state index contributed by atoms with van der Waals surface area (Å²) in [7, 11) is 0. The lowest BCUT2D eigenvalue weighted by atomic mass is 10.1. The zero-order valence-electron chi connectivity index (χ0n) is 12.7. The standard InChI is InChI=1S/C17H17ClN2O2S/c1-11(15-6-3-7-23-15)19-17(22)12-8-16(21)20(10-12)14-5-2-4-13(18)9-14/h2-7,9,11-12H,8,10H2,1H3,(H,19,22)/t11-,12-/m1/s1. The number of anilines is 1. The molecular formula is C17H17ClN2O2S. The maximum Gasteiger partial charge on any atom is 0.227 e. The summed E-state index contributed by atoms with van der Waals surface area (Å²) < 4.78 is 0. The van der Waals surface area contributed by atoms with Crippen LogP contribution in [-0.2, 0) is 9.59 Å². The number of halogens is 1. The first-order valence-electron chi connectivity index (χ1n) is 7.44. The van der Waals surface area contributed by atoms with Crippen LogP contribution >= 0.6 is 22.9 Å². The van der Waals surface area contributed by atoms with Crippen molar-refractivity contribution in [2.75, 3.05) is 11.4 Å². The molecule has 1 N–H and O–H groups in total. The van der Waals surface area contributed by atoms with Crippen molar-refractivity contribution < 1.29 is 9.59 Å². The molecule has 0 radical (unpaired) electrons. The second-order valence-corrected chi connectivity index (χ2v) is 7.05. The second kappa shape index (κ2) is 6.72. The average molecular weight is 349 g/mol. The molecule has 1 aliphatic heterocycles. The highest BCUT2D eigenvalue weighted by molar-refractivity contribution is 7.10. The van der Waals surface area contributed by atoms with Gasteiger partial charge in [-0.25, -0.2) is 0 Å². The quantitative estimate of drug-likeness (QED) is 0.917. The molecule has 3 rings (SSSR count). The predicted molar refractivity (Wildman–Crippen MR) is 92.8 cm³/mol. The Labute approximate surface area is 144 Å². The molecule has 0 spiro atoms. The van der Waals surface area contributed by atoms with Crippen molar-refractivity contribution >= 4 is 40.4 Å². The number of nitrogens with one attached hydrogen (secondary N) is 1. The number of thiophene rings is 1. The zero-order chi connectivity index (χ0) is 16.4. The Bertz CT molecular complexity index is 717. The lowest BCUT2D eigenvalue weighted by Gasteiger charge is -2.18. The van der Waals surface area contributed by atoms with Crippen LogP contribution in [0.15, 0.2) is 41.8 Å². The molecule has 23 heavy (non-hydrogen) atoms. The summed E-state index contributed by atoms with van der Waals surface area (Å²) in [5.74, 6) is -0.455. The van der Waals surface area contributed by atoms with Crippen LogP contribution in [0, 0.1) is 5.92 Å². The topological polar surface area (TPSA) is 49.4 Å². The predicted octanol–water partition coefficient (Wildman–Crippen LogP) is 3.63. The number of nitrogens with zero attached hydrogens (tertiary/aromatic N) is 1. The number of carbonyl (C=O) groups is 2. The van der Waals surface area contributed by atoms with Gasteiger partial charge in [-0.05, 0) is 36.6 Å². The van der Waals surface area contributed by atoms with Crippen molar-refractivity contribution in [3.63, 3.8) is 0 Å². The summed E-state index contributed by atoms with van der Waals surface area (Å²) in [6, 6.07) is 11.1. The highest BCUT2D eigenvalue weighted by Crippen LogP contribution is 2.28. The summed E-state index contributed by atoms with van der Waals surface area (Å²) in [5.41, 5.74) is 0.740. The Morgan fingerprint density at radius 1 is 1.39 bits per heavy atom. The van der Waals surface area contributed by atoms with Gasteiger partial charge in [-0.3, -0.25) is 9.59 Å². The Balaban J connectivity index is 1.66. The number of hydrogen-bond donors (Lipinski definition) is 1. The minimum atomic E-state index is -0.330. The number of amides is 2. The monoisotopic (exact) mass is 348 g/mol. The summed E-state index contributed by atoms with van der Waals surface area (Å²) in [6.07, 6.45) is 0.232. The highest BCUT2D eigenvalue weighted by Gasteiger charge is 2.35. The molecule has 1 aliphatic rings. The molecule has 0 unspecified atom stereocenters. The third kappa shape index (κ3) is 3.57. The van der Waals surface area contributed by atoms with Gasteiger partial charge in [0.25, 0.3) is 0 Å². The molecular weight excluding hydrogens is 332 g/mol. The van der Waals surface area contributed by atoms with Crippen molar-refractivity contribution in [2.45, 2.75) is 19.4 Å². The van der Waals surface area contributed by atoms with Crippen LogP contribution in [0.25, 0.3) is 0 Å². The fourth-order valence-corrected chi connectivity index (χ4v) is 3.64. The fraction of sp³-hybridized carbons (Fsp3) is 0.294. The van der Waals surface area contributed by atoms with Gasteiger partial charge in [-0.1, -0.05) is 23.7 Å². The van der Waals surface area contributed by atoms with E-state index in [0.717, 1.165) is 10.6 Å². The number of rotatable bonds is 4. The molecule has 2 amide bonds.